The van der Waals surface area contributed by atoms with Gasteiger partial charge in [0, 0.05) is 24.2 Å². The molecule has 0 heterocycles. The quantitative estimate of drug-likeness (QED) is 0.602. The molecule has 0 aliphatic heterocycles. The summed E-state index contributed by atoms with van der Waals surface area (Å²) in [5.74, 6) is -0.0487. The highest BCUT2D eigenvalue weighted by atomic mass is 16.6. The molecule has 0 bridgehead atoms. The van der Waals surface area contributed by atoms with Crippen molar-refractivity contribution in [2.45, 2.75) is 38.8 Å². The molecule has 2 aromatic rings. The van der Waals surface area contributed by atoms with Crippen molar-refractivity contribution in [1.29, 1.82) is 0 Å². The van der Waals surface area contributed by atoms with Crippen molar-refractivity contribution in [3.05, 3.63) is 75.3 Å². The fraction of sp³-hybridized carbons (Fsp3) is 0.316. The van der Waals surface area contributed by atoms with Crippen LogP contribution in [0.3, 0.4) is 0 Å². The van der Waals surface area contributed by atoms with Crippen LogP contribution in [0.25, 0.3) is 0 Å². The number of rotatable bonds is 6. The molecule has 1 saturated carbocycles. The molecule has 0 unspecified atom stereocenters. The van der Waals surface area contributed by atoms with Crippen molar-refractivity contribution in [3.8, 4) is 0 Å². The number of nitro benzene ring substituents is 1. The van der Waals surface area contributed by atoms with Crippen LogP contribution in [0.2, 0.25) is 0 Å². The van der Waals surface area contributed by atoms with Crippen LogP contribution in [0.15, 0.2) is 48.5 Å². The van der Waals surface area contributed by atoms with Gasteiger partial charge in [0.2, 0.25) is 5.91 Å². The minimum absolute atomic E-state index is 0.0110. The van der Waals surface area contributed by atoms with Crippen molar-refractivity contribution in [2.75, 3.05) is 0 Å². The SMILES string of the molecule is Cc1ccc(CN(C(=O)Cc2ccccc2[N+](=O)[O-])C2CC2)cc1. The van der Waals surface area contributed by atoms with E-state index in [0.717, 1.165) is 18.4 Å². The second-order valence-corrected chi connectivity index (χ2v) is 6.30. The molecule has 1 aliphatic carbocycles. The lowest BCUT2D eigenvalue weighted by molar-refractivity contribution is -0.385. The summed E-state index contributed by atoms with van der Waals surface area (Å²) in [6.07, 6.45) is 2.09. The number of nitrogens with zero attached hydrogens (tertiary/aromatic N) is 2. The first kappa shape index (κ1) is 16.2. The summed E-state index contributed by atoms with van der Waals surface area (Å²) >= 11 is 0. The number of hydrogen-bond donors (Lipinski definition) is 0. The fourth-order valence-corrected chi connectivity index (χ4v) is 2.80. The molecule has 0 spiro atoms. The van der Waals surface area contributed by atoms with Gasteiger partial charge in [-0.1, -0.05) is 48.0 Å². The summed E-state index contributed by atoms with van der Waals surface area (Å²) in [6, 6.07) is 14.9. The molecule has 5 nitrogen and oxygen atoms in total. The average Bonchev–Trinajstić information content (AvgIpc) is 3.39. The number of hydrogen-bond acceptors (Lipinski definition) is 3. The zero-order valence-corrected chi connectivity index (χ0v) is 13.6. The number of carbonyl (C=O) groups excluding carboxylic acids is 1. The highest BCUT2D eigenvalue weighted by Crippen LogP contribution is 2.30. The second-order valence-electron chi connectivity index (χ2n) is 6.30. The first-order valence-electron chi connectivity index (χ1n) is 8.12. The van der Waals surface area contributed by atoms with E-state index < -0.39 is 4.92 Å². The third kappa shape index (κ3) is 3.79. The third-order valence-electron chi connectivity index (χ3n) is 4.31. The van der Waals surface area contributed by atoms with Gasteiger partial charge < -0.3 is 4.90 Å². The molecule has 3 rings (SSSR count). The van der Waals surface area contributed by atoms with E-state index in [1.807, 2.05) is 36.1 Å². The summed E-state index contributed by atoms with van der Waals surface area (Å²) in [5, 5.41) is 11.1. The maximum atomic E-state index is 12.7. The zero-order chi connectivity index (χ0) is 17.1. The molecular formula is C19H20N2O3. The van der Waals surface area contributed by atoms with Gasteiger partial charge in [-0.15, -0.1) is 0 Å². The number of amides is 1. The summed E-state index contributed by atoms with van der Waals surface area (Å²) in [6.45, 7) is 2.59. The first-order valence-corrected chi connectivity index (χ1v) is 8.12. The zero-order valence-electron chi connectivity index (χ0n) is 13.6. The molecule has 0 radical (unpaired) electrons. The van der Waals surface area contributed by atoms with Crippen molar-refractivity contribution in [3.63, 3.8) is 0 Å². The normalized spacial score (nSPS) is 13.5. The molecular weight excluding hydrogens is 304 g/mol. The van der Waals surface area contributed by atoms with Gasteiger partial charge in [0.05, 0.1) is 11.3 Å². The van der Waals surface area contributed by atoms with Crippen molar-refractivity contribution in [1.82, 2.24) is 4.90 Å². The van der Waals surface area contributed by atoms with E-state index in [9.17, 15) is 14.9 Å². The molecule has 1 amide bonds. The number of aryl methyl sites for hydroxylation is 1. The van der Waals surface area contributed by atoms with E-state index in [1.165, 1.54) is 11.6 Å². The Labute approximate surface area is 141 Å². The number of benzene rings is 2. The Morgan fingerprint density at radius 3 is 2.46 bits per heavy atom. The Balaban J connectivity index is 1.76. The van der Waals surface area contributed by atoms with Crippen LogP contribution in [0.1, 0.15) is 29.5 Å². The minimum atomic E-state index is -0.427. The Hall–Kier alpha value is -2.69. The number of carbonyl (C=O) groups is 1. The summed E-state index contributed by atoms with van der Waals surface area (Å²) < 4.78 is 0. The Morgan fingerprint density at radius 1 is 1.17 bits per heavy atom. The highest BCUT2D eigenvalue weighted by Gasteiger charge is 2.33. The van der Waals surface area contributed by atoms with Crippen LogP contribution in [-0.2, 0) is 17.8 Å². The van der Waals surface area contributed by atoms with Crippen LogP contribution >= 0.6 is 0 Å². The Bertz CT molecular complexity index is 751. The first-order chi connectivity index (χ1) is 11.5. The molecule has 1 fully saturated rings. The predicted octanol–water partition coefficient (Wildman–Crippen LogP) is 3.64. The van der Waals surface area contributed by atoms with Gasteiger partial charge in [0.15, 0.2) is 0 Å². The van der Waals surface area contributed by atoms with Crippen LogP contribution < -0.4 is 0 Å². The molecule has 5 heteroatoms. The average molecular weight is 324 g/mol. The van der Waals surface area contributed by atoms with E-state index in [-0.39, 0.29) is 24.1 Å². The molecule has 0 atom stereocenters. The van der Waals surface area contributed by atoms with Gasteiger partial charge in [0.25, 0.3) is 5.69 Å². The van der Waals surface area contributed by atoms with Crippen molar-refractivity contribution >= 4 is 11.6 Å². The molecule has 124 valence electrons. The largest absolute Gasteiger partial charge is 0.335 e. The monoisotopic (exact) mass is 324 g/mol. The van der Waals surface area contributed by atoms with E-state index in [4.69, 9.17) is 0 Å². The second kappa shape index (κ2) is 6.83. The van der Waals surface area contributed by atoms with Crippen molar-refractivity contribution in [2.24, 2.45) is 0 Å². The fourth-order valence-electron chi connectivity index (χ4n) is 2.80. The highest BCUT2D eigenvalue weighted by molar-refractivity contribution is 5.80. The molecule has 0 N–H and O–H groups in total. The van der Waals surface area contributed by atoms with Crippen LogP contribution in [-0.4, -0.2) is 21.8 Å². The topological polar surface area (TPSA) is 63.5 Å². The van der Waals surface area contributed by atoms with Crippen LogP contribution in [0.5, 0.6) is 0 Å². The van der Waals surface area contributed by atoms with Gasteiger partial charge >= 0.3 is 0 Å². The van der Waals surface area contributed by atoms with Crippen molar-refractivity contribution < 1.29 is 9.72 Å². The number of para-hydroxylation sites is 1. The van der Waals surface area contributed by atoms with Gasteiger partial charge in [0.1, 0.15) is 0 Å². The van der Waals surface area contributed by atoms with E-state index in [0.29, 0.717) is 12.1 Å². The third-order valence-corrected chi connectivity index (χ3v) is 4.31. The predicted molar refractivity (Wildman–Crippen MR) is 91.6 cm³/mol. The molecule has 2 aromatic carbocycles. The minimum Gasteiger partial charge on any atom is -0.335 e. The Morgan fingerprint density at radius 2 is 1.83 bits per heavy atom. The van der Waals surface area contributed by atoms with Gasteiger partial charge in [-0.25, -0.2) is 0 Å². The van der Waals surface area contributed by atoms with Gasteiger partial charge in [-0.3, -0.25) is 14.9 Å². The molecule has 1 aliphatic rings. The van der Waals surface area contributed by atoms with Gasteiger partial charge in [-0.2, -0.15) is 0 Å². The van der Waals surface area contributed by atoms with E-state index in [2.05, 4.69) is 0 Å². The summed E-state index contributed by atoms with van der Waals surface area (Å²) in [4.78, 5) is 25.3. The number of nitro groups is 1. The van der Waals surface area contributed by atoms with E-state index in [1.54, 1.807) is 18.2 Å². The van der Waals surface area contributed by atoms with Crippen LogP contribution in [0.4, 0.5) is 5.69 Å². The standard InChI is InChI=1S/C19H20N2O3/c1-14-6-8-15(9-7-14)13-20(17-10-11-17)19(22)12-16-4-2-3-5-18(16)21(23)24/h2-9,17H,10-13H2,1H3. The maximum absolute atomic E-state index is 12.7. The van der Waals surface area contributed by atoms with E-state index >= 15 is 0 Å². The summed E-state index contributed by atoms with van der Waals surface area (Å²) in [5.41, 5.74) is 2.75. The maximum Gasteiger partial charge on any atom is 0.273 e. The molecule has 0 saturated heterocycles. The lowest BCUT2D eigenvalue weighted by atomic mass is 10.1. The van der Waals surface area contributed by atoms with Crippen LogP contribution in [0, 0.1) is 17.0 Å². The molecule has 0 aromatic heterocycles. The lowest BCUT2D eigenvalue weighted by Gasteiger charge is -2.23. The Kier molecular flexibility index (Phi) is 4.60. The van der Waals surface area contributed by atoms with Gasteiger partial charge in [-0.05, 0) is 25.3 Å². The smallest absolute Gasteiger partial charge is 0.273 e. The summed E-state index contributed by atoms with van der Waals surface area (Å²) in [7, 11) is 0. The lowest BCUT2D eigenvalue weighted by Crippen LogP contribution is -2.33. The molecule has 24 heavy (non-hydrogen) atoms.